The van der Waals surface area contributed by atoms with Crippen molar-refractivity contribution in [3.63, 3.8) is 0 Å². The van der Waals surface area contributed by atoms with Crippen LogP contribution in [-0.4, -0.2) is 33.6 Å². The second-order valence-corrected chi connectivity index (χ2v) is 6.50. The van der Waals surface area contributed by atoms with Gasteiger partial charge < -0.3 is 10.1 Å². The van der Waals surface area contributed by atoms with Crippen LogP contribution in [0.15, 0.2) is 65.4 Å². The molecule has 0 spiro atoms. The first kappa shape index (κ1) is 16.2. The van der Waals surface area contributed by atoms with Gasteiger partial charge in [0.25, 0.3) is 0 Å². The largest absolute Gasteiger partial charge is 0.464 e. The zero-order valence-electron chi connectivity index (χ0n) is 13.7. The van der Waals surface area contributed by atoms with Crippen LogP contribution in [0.25, 0.3) is 0 Å². The number of hydrogen-bond donors (Lipinski definition) is 1. The predicted molar refractivity (Wildman–Crippen MR) is 95.9 cm³/mol. The van der Waals surface area contributed by atoms with Gasteiger partial charge in [-0.25, -0.2) is 9.48 Å². The first-order valence-corrected chi connectivity index (χ1v) is 8.71. The predicted octanol–water partition coefficient (Wildman–Crippen LogP) is 2.66. The molecule has 8 heteroatoms. The summed E-state index contributed by atoms with van der Waals surface area (Å²) < 4.78 is 6.50. The molecule has 0 aliphatic carbocycles. The van der Waals surface area contributed by atoms with Gasteiger partial charge in [0.15, 0.2) is 0 Å². The number of Topliss-reactive ketones (excluding diaryl/α,β-unsaturated/α-hetero) is 1. The number of nitrogens with one attached hydrogen (secondary N) is 1. The molecule has 26 heavy (non-hydrogen) atoms. The number of allylic oxidation sites excluding steroid dienone is 1. The number of anilines is 1. The Morgan fingerprint density at radius 3 is 2.69 bits per heavy atom. The topological polar surface area (TPSA) is 86.1 Å². The van der Waals surface area contributed by atoms with Crippen LogP contribution in [0.3, 0.4) is 0 Å². The van der Waals surface area contributed by atoms with Crippen LogP contribution >= 0.6 is 11.3 Å². The molecule has 0 radical (unpaired) electrons. The number of nitrogens with zero attached hydrogens (tertiary/aromatic N) is 3. The number of fused-ring (bicyclic) bond motifs is 1. The second kappa shape index (κ2) is 6.57. The molecule has 4 rings (SSSR count). The van der Waals surface area contributed by atoms with Crippen molar-refractivity contribution >= 4 is 29.0 Å². The molecule has 2 aromatic heterocycles. The summed E-state index contributed by atoms with van der Waals surface area (Å²) in [6.45, 7) is 0. The quantitative estimate of drug-likeness (QED) is 0.564. The number of rotatable bonds is 4. The van der Waals surface area contributed by atoms with Crippen LogP contribution in [0.4, 0.5) is 5.95 Å². The van der Waals surface area contributed by atoms with Gasteiger partial charge >= 0.3 is 5.97 Å². The van der Waals surface area contributed by atoms with Gasteiger partial charge in [-0.05, 0) is 17.0 Å². The molecule has 1 aliphatic rings. The Morgan fingerprint density at radius 2 is 2.00 bits per heavy atom. The Labute approximate surface area is 152 Å². The molecule has 0 saturated heterocycles. The lowest BCUT2D eigenvalue weighted by molar-refractivity contribution is -0.136. The highest BCUT2D eigenvalue weighted by Crippen LogP contribution is 2.37. The number of carbonyl (C=O) groups is 2. The van der Waals surface area contributed by atoms with Crippen molar-refractivity contribution in [2.45, 2.75) is 6.04 Å². The molecule has 130 valence electrons. The molecular weight excluding hydrogens is 352 g/mol. The summed E-state index contributed by atoms with van der Waals surface area (Å²) in [5.41, 5.74) is 1.19. The third kappa shape index (κ3) is 2.60. The van der Waals surface area contributed by atoms with Crippen molar-refractivity contribution in [1.82, 2.24) is 14.8 Å². The van der Waals surface area contributed by atoms with Gasteiger partial charge in [0.05, 0.1) is 17.6 Å². The van der Waals surface area contributed by atoms with E-state index < -0.39 is 12.0 Å². The molecule has 1 N–H and O–H groups in total. The minimum absolute atomic E-state index is 0.0836. The Morgan fingerprint density at radius 1 is 1.19 bits per heavy atom. The van der Waals surface area contributed by atoms with Crippen LogP contribution in [0, 0.1) is 0 Å². The van der Waals surface area contributed by atoms with Crippen molar-refractivity contribution < 1.29 is 14.3 Å². The Bertz CT molecular complexity index is 993. The number of thiophene rings is 1. The van der Waals surface area contributed by atoms with E-state index in [0.717, 1.165) is 5.56 Å². The minimum atomic E-state index is -0.625. The zero-order valence-corrected chi connectivity index (χ0v) is 14.6. The molecule has 0 unspecified atom stereocenters. The Balaban J connectivity index is 1.96. The lowest BCUT2D eigenvalue weighted by atomic mass is 9.91. The van der Waals surface area contributed by atoms with Crippen molar-refractivity contribution in [2.24, 2.45) is 0 Å². The molecule has 7 nitrogen and oxygen atoms in total. The molecular formula is C18H14N4O3S. The van der Waals surface area contributed by atoms with Gasteiger partial charge in [0.2, 0.25) is 11.7 Å². The van der Waals surface area contributed by atoms with Gasteiger partial charge in [-0.3, -0.25) is 4.79 Å². The molecule has 0 amide bonds. The summed E-state index contributed by atoms with van der Waals surface area (Å²) in [5, 5.41) is 8.97. The van der Waals surface area contributed by atoms with Gasteiger partial charge in [0, 0.05) is 0 Å². The van der Waals surface area contributed by atoms with Crippen molar-refractivity contribution in [1.29, 1.82) is 0 Å². The first-order valence-electron chi connectivity index (χ1n) is 7.83. The monoisotopic (exact) mass is 366 g/mol. The van der Waals surface area contributed by atoms with E-state index in [9.17, 15) is 9.59 Å². The van der Waals surface area contributed by atoms with E-state index in [1.165, 1.54) is 24.8 Å². The maximum atomic E-state index is 13.3. The highest BCUT2D eigenvalue weighted by molar-refractivity contribution is 7.12. The zero-order chi connectivity index (χ0) is 18.1. The van der Waals surface area contributed by atoms with E-state index in [2.05, 4.69) is 15.4 Å². The standard InChI is InChI=1S/C18H14N4O3S/c1-25-17(24)14-13(16(23)12-8-5-9-26-12)15(11-6-3-2-4-7-11)22-18(21-14)19-10-20-22/h2-10,15H,1H3,(H,19,20,21)/t15-/m0/s1. The van der Waals surface area contributed by atoms with Crippen LogP contribution in [0.1, 0.15) is 21.3 Å². The van der Waals surface area contributed by atoms with Crippen LogP contribution in [0.2, 0.25) is 0 Å². The molecule has 3 heterocycles. The Hall–Kier alpha value is -3.26. The third-order valence-electron chi connectivity index (χ3n) is 4.09. The molecule has 1 atom stereocenters. The fraction of sp³-hybridized carbons (Fsp3) is 0.111. The molecule has 3 aromatic rings. The average Bonchev–Trinajstić information content (AvgIpc) is 3.37. The number of aromatic nitrogens is 3. The van der Waals surface area contributed by atoms with E-state index in [-0.39, 0.29) is 17.1 Å². The number of benzene rings is 1. The number of ketones is 1. The van der Waals surface area contributed by atoms with Gasteiger partial charge in [-0.1, -0.05) is 36.4 Å². The fourth-order valence-electron chi connectivity index (χ4n) is 2.95. The number of methoxy groups -OCH3 is 1. The molecule has 0 bridgehead atoms. The Kier molecular flexibility index (Phi) is 4.10. The van der Waals surface area contributed by atoms with Crippen LogP contribution in [0.5, 0.6) is 0 Å². The lowest BCUT2D eigenvalue weighted by Gasteiger charge is -2.28. The normalized spacial score (nSPS) is 16.0. The summed E-state index contributed by atoms with van der Waals surface area (Å²) in [7, 11) is 1.28. The first-order chi connectivity index (χ1) is 12.7. The lowest BCUT2D eigenvalue weighted by Crippen LogP contribution is -2.32. The number of hydrogen-bond acceptors (Lipinski definition) is 7. The maximum absolute atomic E-state index is 13.3. The number of carbonyl (C=O) groups excluding carboxylic acids is 2. The van der Waals surface area contributed by atoms with E-state index in [0.29, 0.717) is 10.8 Å². The van der Waals surface area contributed by atoms with Gasteiger partial charge in [-0.2, -0.15) is 10.1 Å². The highest BCUT2D eigenvalue weighted by Gasteiger charge is 2.38. The molecule has 1 aliphatic heterocycles. The van der Waals surface area contributed by atoms with E-state index >= 15 is 0 Å². The van der Waals surface area contributed by atoms with E-state index in [1.54, 1.807) is 16.8 Å². The van der Waals surface area contributed by atoms with Crippen molar-refractivity contribution in [3.8, 4) is 0 Å². The fourth-order valence-corrected chi connectivity index (χ4v) is 3.63. The SMILES string of the molecule is COC(=O)C1=C(C(=O)c2cccs2)[C@H](c2ccccc2)n2ncnc2N1. The van der Waals surface area contributed by atoms with Crippen LogP contribution in [-0.2, 0) is 9.53 Å². The third-order valence-corrected chi connectivity index (χ3v) is 4.96. The van der Waals surface area contributed by atoms with Crippen molar-refractivity contribution in [2.75, 3.05) is 12.4 Å². The summed E-state index contributed by atoms with van der Waals surface area (Å²) in [6.07, 6.45) is 1.38. The van der Waals surface area contributed by atoms with E-state index in [1.807, 2.05) is 35.7 Å². The summed E-state index contributed by atoms with van der Waals surface area (Å²) in [4.78, 5) is 30.3. The average molecular weight is 366 g/mol. The highest BCUT2D eigenvalue weighted by atomic mass is 32.1. The summed E-state index contributed by atoms with van der Waals surface area (Å²) >= 11 is 1.32. The molecule has 0 saturated carbocycles. The van der Waals surface area contributed by atoms with Crippen molar-refractivity contribution in [3.05, 3.63) is 75.9 Å². The maximum Gasteiger partial charge on any atom is 0.355 e. The molecule has 0 fully saturated rings. The second-order valence-electron chi connectivity index (χ2n) is 5.55. The summed E-state index contributed by atoms with van der Waals surface area (Å²) in [6, 6.07) is 12.4. The minimum Gasteiger partial charge on any atom is -0.464 e. The van der Waals surface area contributed by atoms with Gasteiger partial charge in [-0.15, -0.1) is 11.3 Å². The molecule has 1 aromatic carbocycles. The van der Waals surface area contributed by atoms with E-state index in [4.69, 9.17) is 4.74 Å². The van der Waals surface area contributed by atoms with Gasteiger partial charge in [0.1, 0.15) is 18.1 Å². The van der Waals surface area contributed by atoms with Crippen LogP contribution < -0.4 is 5.32 Å². The smallest absolute Gasteiger partial charge is 0.355 e. The summed E-state index contributed by atoms with van der Waals surface area (Å²) in [5.74, 6) is -0.495. The number of esters is 1. The number of ether oxygens (including phenoxy) is 1.